The third-order valence-electron chi connectivity index (χ3n) is 4.37. The Hall–Kier alpha value is -3.09. The lowest BCUT2D eigenvalue weighted by molar-refractivity contribution is -0.384. The highest BCUT2D eigenvalue weighted by molar-refractivity contribution is 5.92. The van der Waals surface area contributed by atoms with Gasteiger partial charge in [-0.1, -0.05) is 0 Å². The van der Waals surface area contributed by atoms with Gasteiger partial charge in [0, 0.05) is 36.6 Å². The highest BCUT2D eigenvalue weighted by atomic mass is 16.6. The maximum absolute atomic E-state index is 12.1. The Morgan fingerprint density at radius 1 is 1.19 bits per heavy atom. The van der Waals surface area contributed by atoms with Crippen molar-refractivity contribution in [2.45, 2.75) is 19.8 Å². The van der Waals surface area contributed by atoms with E-state index < -0.39 is 4.92 Å². The van der Waals surface area contributed by atoms with Crippen LogP contribution in [0.15, 0.2) is 42.5 Å². The van der Waals surface area contributed by atoms with Gasteiger partial charge in [-0.05, 0) is 55.7 Å². The van der Waals surface area contributed by atoms with Crippen LogP contribution in [-0.2, 0) is 4.79 Å². The summed E-state index contributed by atoms with van der Waals surface area (Å²) in [7, 11) is 0. The second-order valence-corrected chi connectivity index (χ2v) is 6.28. The number of anilines is 2. The number of rotatable bonds is 6. The van der Waals surface area contributed by atoms with Gasteiger partial charge in [-0.15, -0.1) is 0 Å². The Bertz CT molecular complexity index is 799. The summed E-state index contributed by atoms with van der Waals surface area (Å²) in [5.41, 5.74) is 2.92. The molecule has 136 valence electrons. The second-order valence-electron chi connectivity index (χ2n) is 6.28. The largest absolute Gasteiger partial charge is 0.484 e. The summed E-state index contributed by atoms with van der Waals surface area (Å²) in [5, 5.41) is 13.5. The van der Waals surface area contributed by atoms with Gasteiger partial charge >= 0.3 is 0 Å². The Kier molecular flexibility index (Phi) is 5.36. The van der Waals surface area contributed by atoms with Gasteiger partial charge in [-0.25, -0.2) is 0 Å². The molecule has 7 nitrogen and oxygen atoms in total. The summed E-state index contributed by atoms with van der Waals surface area (Å²) in [6.45, 7) is 3.96. The van der Waals surface area contributed by atoms with Gasteiger partial charge in [-0.2, -0.15) is 0 Å². The van der Waals surface area contributed by atoms with Crippen LogP contribution >= 0.6 is 0 Å². The third-order valence-corrected chi connectivity index (χ3v) is 4.37. The average Bonchev–Trinajstić information content (AvgIpc) is 3.17. The Morgan fingerprint density at radius 2 is 1.88 bits per heavy atom. The molecule has 1 aliphatic rings. The van der Waals surface area contributed by atoms with Crippen molar-refractivity contribution in [2.75, 3.05) is 29.9 Å². The number of carbonyl (C=O) groups excluding carboxylic acids is 1. The maximum atomic E-state index is 12.1. The molecule has 2 aromatic rings. The smallest absolute Gasteiger partial charge is 0.269 e. The number of hydrogen-bond acceptors (Lipinski definition) is 5. The summed E-state index contributed by atoms with van der Waals surface area (Å²) >= 11 is 0. The van der Waals surface area contributed by atoms with Gasteiger partial charge in [0.25, 0.3) is 11.6 Å². The number of non-ortho nitro benzene ring substituents is 1. The molecule has 26 heavy (non-hydrogen) atoms. The van der Waals surface area contributed by atoms with Crippen LogP contribution in [0.2, 0.25) is 0 Å². The van der Waals surface area contributed by atoms with Crippen molar-refractivity contribution in [1.29, 1.82) is 0 Å². The SMILES string of the molecule is Cc1cc(N2CCCC2)ccc1NC(=O)COc1ccc([N+](=O)[O-])cc1. The van der Waals surface area contributed by atoms with Crippen molar-refractivity contribution in [1.82, 2.24) is 0 Å². The topological polar surface area (TPSA) is 84.7 Å². The number of ether oxygens (including phenoxy) is 1. The predicted molar refractivity (Wildman–Crippen MR) is 99.8 cm³/mol. The van der Waals surface area contributed by atoms with Crippen LogP contribution in [0.3, 0.4) is 0 Å². The van der Waals surface area contributed by atoms with Crippen LogP contribution in [0.1, 0.15) is 18.4 Å². The number of nitrogens with one attached hydrogen (secondary N) is 1. The zero-order valence-corrected chi connectivity index (χ0v) is 14.6. The van der Waals surface area contributed by atoms with Gasteiger partial charge in [0.1, 0.15) is 5.75 Å². The van der Waals surface area contributed by atoms with Gasteiger partial charge in [0.2, 0.25) is 0 Å². The highest BCUT2D eigenvalue weighted by Gasteiger charge is 2.14. The zero-order chi connectivity index (χ0) is 18.5. The van der Waals surface area contributed by atoms with E-state index in [0.29, 0.717) is 5.75 Å². The van der Waals surface area contributed by atoms with E-state index in [-0.39, 0.29) is 18.2 Å². The molecular formula is C19H21N3O4. The summed E-state index contributed by atoms with van der Waals surface area (Å²) < 4.78 is 5.38. The van der Waals surface area contributed by atoms with E-state index in [9.17, 15) is 14.9 Å². The maximum Gasteiger partial charge on any atom is 0.269 e. The first-order chi connectivity index (χ1) is 12.5. The van der Waals surface area contributed by atoms with Crippen LogP contribution in [0.25, 0.3) is 0 Å². The highest BCUT2D eigenvalue weighted by Crippen LogP contribution is 2.25. The molecule has 1 aliphatic heterocycles. The molecule has 1 fully saturated rings. The van der Waals surface area contributed by atoms with Gasteiger partial charge in [-0.3, -0.25) is 14.9 Å². The number of aryl methyl sites for hydroxylation is 1. The quantitative estimate of drug-likeness (QED) is 0.633. The monoisotopic (exact) mass is 355 g/mol. The lowest BCUT2D eigenvalue weighted by Crippen LogP contribution is -2.21. The molecule has 1 amide bonds. The molecule has 0 aromatic heterocycles. The molecule has 1 N–H and O–H groups in total. The summed E-state index contributed by atoms with van der Waals surface area (Å²) in [5.74, 6) is 0.132. The first-order valence-electron chi connectivity index (χ1n) is 8.55. The molecule has 1 heterocycles. The van der Waals surface area contributed by atoms with Crippen molar-refractivity contribution in [2.24, 2.45) is 0 Å². The molecule has 0 radical (unpaired) electrons. The third kappa shape index (κ3) is 4.30. The van der Waals surface area contributed by atoms with E-state index in [1.54, 1.807) is 0 Å². The molecule has 0 spiro atoms. The summed E-state index contributed by atoms with van der Waals surface area (Å²) in [6, 6.07) is 11.6. The summed E-state index contributed by atoms with van der Waals surface area (Å²) in [6.07, 6.45) is 2.44. The Morgan fingerprint density at radius 3 is 2.50 bits per heavy atom. The molecule has 1 saturated heterocycles. The number of nitro groups is 1. The molecule has 2 aromatic carbocycles. The van der Waals surface area contributed by atoms with Crippen LogP contribution < -0.4 is 15.0 Å². The fraction of sp³-hybridized carbons (Fsp3) is 0.316. The summed E-state index contributed by atoms with van der Waals surface area (Å²) in [4.78, 5) is 24.6. The number of hydrogen-bond donors (Lipinski definition) is 1. The van der Waals surface area contributed by atoms with Crippen molar-refractivity contribution < 1.29 is 14.5 Å². The van der Waals surface area contributed by atoms with Gasteiger partial charge < -0.3 is 15.0 Å². The van der Waals surface area contributed by atoms with Crippen molar-refractivity contribution in [3.63, 3.8) is 0 Å². The van der Waals surface area contributed by atoms with Crippen LogP contribution in [0.4, 0.5) is 17.1 Å². The minimum Gasteiger partial charge on any atom is -0.484 e. The zero-order valence-electron chi connectivity index (χ0n) is 14.6. The average molecular weight is 355 g/mol. The van der Waals surface area contributed by atoms with E-state index in [2.05, 4.69) is 16.3 Å². The molecule has 0 bridgehead atoms. The number of carbonyl (C=O) groups is 1. The molecule has 3 rings (SSSR count). The minimum absolute atomic E-state index is 0.0180. The number of benzene rings is 2. The van der Waals surface area contributed by atoms with Gasteiger partial charge in [0.15, 0.2) is 6.61 Å². The fourth-order valence-corrected chi connectivity index (χ4v) is 2.96. The van der Waals surface area contributed by atoms with Crippen molar-refractivity contribution in [3.05, 3.63) is 58.1 Å². The van der Waals surface area contributed by atoms with E-state index in [4.69, 9.17) is 4.74 Å². The lowest BCUT2D eigenvalue weighted by Gasteiger charge is -2.19. The van der Waals surface area contributed by atoms with E-state index >= 15 is 0 Å². The predicted octanol–water partition coefficient (Wildman–Crippen LogP) is 3.52. The van der Waals surface area contributed by atoms with Crippen LogP contribution in [-0.4, -0.2) is 30.5 Å². The number of nitro benzene ring substituents is 1. The van der Waals surface area contributed by atoms with Crippen molar-refractivity contribution >= 4 is 23.0 Å². The molecule has 0 unspecified atom stereocenters. The molecule has 0 atom stereocenters. The van der Waals surface area contributed by atoms with E-state index in [0.717, 1.165) is 24.3 Å². The first-order valence-corrected chi connectivity index (χ1v) is 8.55. The Balaban J connectivity index is 1.55. The standard InChI is InChI=1S/C19H21N3O4/c1-14-12-16(21-10-2-3-11-21)6-9-18(14)20-19(23)13-26-17-7-4-15(5-8-17)22(24)25/h4-9,12H,2-3,10-11,13H2,1H3,(H,20,23). The molecule has 0 saturated carbocycles. The molecule has 7 heteroatoms. The van der Waals surface area contributed by atoms with Gasteiger partial charge in [0.05, 0.1) is 4.92 Å². The number of amides is 1. The first kappa shape index (κ1) is 17.7. The van der Waals surface area contributed by atoms with E-state index in [1.807, 2.05) is 19.1 Å². The normalized spacial score (nSPS) is 13.5. The Labute approximate surface area is 151 Å². The molecule has 0 aliphatic carbocycles. The van der Waals surface area contributed by atoms with Crippen molar-refractivity contribution in [3.8, 4) is 5.75 Å². The lowest BCUT2D eigenvalue weighted by atomic mass is 10.1. The minimum atomic E-state index is -0.481. The number of nitrogens with zero attached hydrogens (tertiary/aromatic N) is 2. The van der Waals surface area contributed by atoms with E-state index in [1.165, 1.54) is 42.8 Å². The second kappa shape index (κ2) is 7.86. The van der Waals surface area contributed by atoms with Crippen LogP contribution in [0, 0.1) is 17.0 Å². The van der Waals surface area contributed by atoms with Crippen LogP contribution in [0.5, 0.6) is 5.75 Å². The fourth-order valence-electron chi connectivity index (χ4n) is 2.96. The molecular weight excluding hydrogens is 334 g/mol.